The van der Waals surface area contributed by atoms with E-state index in [1.54, 1.807) is 12.1 Å². The van der Waals surface area contributed by atoms with E-state index in [9.17, 15) is 19.2 Å². The molecule has 2 atom stereocenters. The van der Waals surface area contributed by atoms with Crippen LogP contribution in [0.2, 0.25) is 0 Å². The molecule has 0 spiro atoms. The lowest BCUT2D eigenvalue weighted by atomic mass is 9.97. The van der Waals surface area contributed by atoms with Crippen molar-refractivity contribution >= 4 is 28.6 Å². The topological polar surface area (TPSA) is 119 Å². The van der Waals surface area contributed by atoms with Crippen molar-refractivity contribution in [2.24, 2.45) is 5.92 Å². The van der Waals surface area contributed by atoms with E-state index in [2.05, 4.69) is 10.6 Å². The normalized spacial score (nSPS) is 16.3. The van der Waals surface area contributed by atoms with Crippen LogP contribution in [0.15, 0.2) is 23.1 Å². The average molecular weight is 499 g/mol. The summed E-state index contributed by atoms with van der Waals surface area (Å²) in [6, 6.07) is 2.56. The zero-order valence-corrected chi connectivity index (χ0v) is 21.1. The molecule has 0 saturated carbocycles. The number of hydrogen-bond acceptors (Lipinski definition) is 6. The van der Waals surface area contributed by atoms with Crippen LogP contribution >= 0.6 is 0 Å². The number of fused-ring (bicyclic) bond motifs is 2. The van der Waals surface area contributed by atoms with Gasteiger partial charge in [-0.2, -0.15) is 0 Å². The van der Waals surface area contributed by atoms with Crippen LogP contribution in [0.4, 0.5) is 0 Å². The van der Waals surface area contributed by atoms with Gasteiger partial charge in [-0.05, 0) is 31.7 Å². The van der Waals surface area contributed by atoms with E-state index in [0.717, 1.165) is 13.0 Å². The number of ether oxygens (including phenoxy) is 2. The number of benzene rings is 1. The number of nitrogens with zero attached hydrogens (tertiary/aromatic N) is 2. The van der Waals surface area contributed by atoms with Crippen molar-refractivity contribution < 1.29 is 23.9 Å². The summed E-state index contributed by atoms with van der Waals surface area (Å²) in [5, 5.41) is 6.04. The smallest absolute Gasteiger partial charge is 0.257 e. The third-order valence-corrected chi connectivity index (χ3v) is 7.02. The quantitative estimate of drug-likeness (QED) is 0.484. The van der Waals surface area contributed by atoms with Crippen LogP contribution in [-0.2, 0) is 16.1 Å². The first kappa shape index (κ1) is 25.5. The summed E-state index contributed by atoms with van der Waals surface area (Å²) in [4.78, 5) is 53.1. The molecule has 2 aliphatic rings. The number of nitrogens with one attached hydrogen (secondary N) is 2. The van der Waals surface area contributed by atoms with E-state index in [1.807, 2.05) is 30.2 Å². The fraction of sp³-hybridized carbons (Fsp3) is 0.538. The molecule has 2 aliphatic heterocycles. The molecule has 0 bridgehead atoms. The summed E-state index contributed by atoms with van der Waals surface area (Å²) < 4.78 is 12.7. The van der Waals surface area contributed by atoms with Gasteiger partial charge < -0.3 is 29.6 Å². The predicted octanol–water partition coefficient (Wildman–Crippen LogP) is 2.02. The van der Waals surface area contributed by atoms with Crippen LogP contribution < -0.4 is 25.5 Å². The molecular weight excluding hydrogens is 464 g/mol. The molecule has 1 aromatic heterocycles. The Balaban J connectivity index is 1.49. The second-order valence-corrected chi connectivity index (χ2v) is 9.35. The highest BCUT2D eigenvalue weighted by atomic mass is 16.7. The molecule has 0 radical (unpaired) electrons. The van der Waals surface area contributed by atoms with Gasteiger partial charge >= 0.3 is 0 Å². The Bertz CT molecular complexity index is 1220. The minimum Gasteiger partial charge on any atom is -0.454 e. The van der Waals surface area contributed by atoms with Crippen molar-refractivity contribution in [3.05, 3.63) is 34.1 Å². The Morgan fingerprint density at radius 1 is 1.14 bits per heavy atom. The van der Waals surface area contributed by atoms with Gasteiger partial charge in [-0.15, -0.1) is 0 Å². The molecule has 4 rings (SSSR count). The lowest BCUT2D eigenvalue weighted by molar-refractivity contribution is -0.127. The summed E-state index contributed by atoms with van der Waals surface area (Å²) in [5.74, 6) is 0.145. The molecule has 1 unspecified atom stereocenters. The molecule has 1 saturated heterocycles. The van der Waals surface area contributed by atoms with E-state index >= 15 is 0 Å². The van der Waals surface area contributed by atoms with Crippen molar-refractivity contribution in [1.82, 2.24) is 20.1 Å². The van der Waals surface area contributed by atoms with Crippen molar-refractivity contribution in [2.75, 3.05) is 26.4 Å². The van der Waals surface area contributed by atoms with E-state index in [-0.39, 0.29) is 30.1 Å². The summed E-state index contributed by atoms with van der Waals surface area (Å²) in [6.45, 7) is 8.13. The minimum absolute atomic E-state index is 0.0307. The summed E-state index contributed by atoms with van der Waals surface area (Å²) in [7, 11) is 0. The maximum absolute atomic E-state index is 13.3. The third kappa shape index (κ3) is 5.17. The zero-order chi connectivity index (χ0) is 25.8. The van der Waals surface area contributed by atoms with Gasteiger partial charge in [-0.25, -0.2) is 0 Å². The second-order valence-electron chi connectivity index (χ2n) is 9.35. The van der Waals surface area contributed by atoms with Gasteiger partial charge in [0.15, 0.2) is 11.5 Å². The second kappa shape index (κ2) is 11.0. The van der Waals surface area contributed by atoms with Gasteiger partial charge in [0.05, 0.1) is 10.9 Å². The lowest BCUT2D eigenvalue weighted by Crippen LogP contribution is -2.51. The van der Waals surface area contributed by atoms with Crippen LogP contribution in [0, 0.1) is 5.92 Å². The average Bonchev–Trinajstić information content (AvgIpc) is 3.51. The number of likely N-dealkylation sites (tertiary alicyclic amines) is 1. The van der Waals surface area contributed by atoms with Crippen molar-refractivity contribution in [3.8, 4) is 11.5 Å². The van der Waals surface area contributed by atoms with Gasteiger partial charge in [0.1, 0.15) is 11.6 Å². The van der Waals surface area contributed by atoms with E-state index in [4.69, 9.17) is 9.47 Å². The molecule has 3 heterocycles. The van der Waals surface area contributed by atoms with Gasteiger partial charge in [0.2, 0.25) is 24.0 Å². The number of aryl methyl sites for hydroxylation is 1. The molecule has 194 valence electrons. The van der Waals surface area contributed by atoms with Crippen molar-refractivity contribution in [1.29, 1.82) is 0 Å². The Morgan fingerprint density at radius 2 is 1.89 bits per heavy atom. The molecule has 2 aromatic rings. The number of amides is 3. The highest BCUT2D eigenvalue weighted by molar-refractivity contribution is 6.00. The van der Waals surface area contributed by atoms with Gasteiger partial charge in [-0.1, -0.05) is 20.3 Å². The molecular formula is C26H34N4O6. The fourth-order valence-electron chi connectivity index (χ4n) is 4.66. The minimum atomic E-state index is -0.794. The van der Waals surface area contributed by atoms with E-state index < -0.39 is 17.4 Å². The fourth-order valence-corrected chi connectivity index (χ4v) is 4.66. The first-order valence-corrected chi connectivity index (χ1v) is 12.7. The van der Waals surface area contributed by atoms with Gasteiger partial charge in [0.25, 0.3) is 5.91 Å². The number of pyridine rings is 1. The van der Waals surface area contributed by atoms with Crippen LogP contribution in [0.25, 0.3) is 10.9 Å². The third-order valence-electron chi connectivity index (χ3n) is 7.02. The Morgan fingerprint density at radius 3 is 2.56 bits per heavy atom. The van der Waals surface area contributed by atoms with Crippen LogP contribution in [0.3, 0.4) is 0 Å². The summed E-state index contributed by atoms with van der Waals surface area (Å²) in [6.07, 6.45) is 4.31. The highest BCUT2D eigenvalue weighted by Crippen LogP contribution is 2.35. The number of rotatable bonds is 10. The highest BCUT2D eigenvalue weighted by Gasteiger charge is 2.28. The van der Waals surface area contributed by atoms with Crippen LogP contribution in [0.1, 0.15) is 56.8 Å². The number of carbonyl (C=O) groups excluding carboxylic acids is 3. The summed E-state index contributed by atoms with van der Waals surface area (Å²) >= 11 is 0. The van der Waals surface area contributed by atoms with Crippen LogP contribution in [0.5, 0.6) is 11.5 Å². The molecule has 3 amide bonds. The van der Waals surface area contributed by atoms with Crippen molar-refractivity contribution in [3.63, 3.8) is 0 Å². The molecule has 2 N–H and O–H groups in total. The number of aromatic nitrogens is 1. The first-order chi connectivity index (χ1) is 17.3. The van der Waals surface area contributed by atoms with E-state index in [0.29, 0.717) is 61.3 Å². The Kier molecular flexibility index (Phi) is 7.81. The monoisotopic (exact) mass is 498 g/mol. The molecule has 36 heavy (non-hydrogen) atoms. The van der Waals surface area contributed by atoms with E-state index in [1.165, 1.54) is 6.20 Å². The standard InChI is InChI=1S/C26H34N4O6/c1-4-16(3)23(26(34)27-9-7-11-30-10-6-8-22(30)31)28-25(33)18-14-29(5-2)19-13-21-20(35-15-36-21)12-17(19)24(18)32/h12-14,16,23H,4-11,15H2,1-3H3,(H,27,34)(H,28,33)/t16?,23-/m1/s1. The molecule has 1 fully saturated rings. The maximum Gasteiger partial charge on any atom is 0.257 e. The lowest BCUT2D eigenvalue weighted by Gasteiger charge is -2.24. The number of hydrogen-bond donors (Lipinski definition) is 2. The largest absolute Gasteiger partial charge is 0.454 e. The molecule has 0 aliphatic carbocycles. The molecule has 1 aromatic carbocycles. The molecule has 10 heteroatoms. The van der Waals surface area contributed by atoms with Gasteiger partial charge in [0, 0.05) is 44.9 Å². The summed E-state index contributed by atoms with van der Waals surface area (Å²) in [5.41, 5.74) is 0.192. The molecule has 10 nitrogen and oxygen atoms in total. The number of carbonyl (C=O) groups is 3. The first-order valence-electron chi connectivity index (χ1n) is 12.7. The van der Waals surface area contributed by atoms with Crippen LogP contribution in [-0.4, -0.2) is 59.7 Å². The SMILES string of the molecule is CCC(C)[C@@H](NC(=O)c1cn(CC)c2cc3c(cc2c1=O)OCO3)C(=O)NCCCN1CCCC1=O. The Labute approximate surface area is 209 Å². The Hall–Kier alpha value is -3.56. The maximum atomic E-state index is 13.3. The van der Waals surface area contributed by atoms with Crippen molar-refractivity contribution in [2.45, 2.75) is 59.0 Å². The van der Waals surface area contributed by atoms with Gasteiger partial charge in [-0.3, -0.25) is 19.2 Å². The zero-order valence-electron chi connectivity index (χ0n) is 21.1. The predicted molar refractivity (Wildman–Crippen MR) is 134 cm³/mol.